The van der Waals surface area contributed by atoms with Crippen molar-refractivity contribution in [2.75, 3.05) is 0 Å². The molecule has 5 rings (SSSR count). The fourth-order valence-electron chi connectivity index (χ4n) is 6.21. The molecule has 34 heavy (non-hydrogen) atoms. The first-order chi connectivity index (χ1) is 16.3. The number of benzene rings is 1. The van der Waals surface area contributed by atoms with Crippen LogP contribution in [0.4, 0.5) is 13.2 Å². The first kappa shape index (κ1) is 22.8. The maximum Gasteiger partial charge on any atom is 0.416 e. The van der Waals surface area contributed by atoms with Crippen LogP contribution >= 0.6 is 0 Å². The van der Waals surface area contributed by atoms with Gasteiger partial charge in [-0.1, -0.05) is 43.5 Å². The number of nitrogens with zero attached hydrogens (tertiary/aromatic N) is 2. The van der Waals surface area contributed by atoms with E-state index in [1.54, 1.807) is 18.3 Å². The Hall–Kier alpha value is -2.96. The van der Waals surface area contributed by atoms with Crippen LogP contribution in [0, 0.1) is 29.6 Å². The zero-order chi connectivity index (χ0) is 23.9. The fraction of sp³-hybridized carbons (Fsp3) is 0.444. The van der Waals surface area contributed by atoms with Crippen LogP contribution in [0.2, 0.25) is 0 Å². The number of hydrogen-bond donors (Lipinski definition) is 1. The normalized spacial score (nSPS) is 29.2. The molecular formula is C27H28F3N3O. The van der Waals surface area contributed by atoms with Crippen LogP contribution in [0.1, 0.15) is 50.3 Å². The number of pyridine rings is 1. The number of allylic oxidation sites excluding steroid dienone is 1. The second kappa shape index (κ2) is 9.01. The summed E-state index contributed by atoms with van der Waals surface area (Å²) >= 11 is 0. The maximum absolute atomic E-state index is 13.1. The molecule has 0 unspecified atom stereocenters. The van der Waals surface area contributed by atoms with Gasteiger partial charge in [-0.05, 0) is 67.4 Å². The third kappa shape index (κ3) is 4.40. The molecule has 0 radical (unpaired) electrons. The van der Waals surface area contributed by atoms with Crippen molar-refractivity contribution in [2.45, 2.75) is 45.2 Å². The van der Waals surface area contributed by atoms with Gasteiger partial charge in [0.05, 0.1) is 11.3 Å². The van der Waals surface area contributed by atoms with Gasteiger partial charge in [0.2, 0.25) is 5.91 Å². The van der Waals surface area contributed by atoms with Gasteiger partial charge in [0.1, 0.15) is 0 Å². The van der Waals surface area contributed by atoms with Crippen molar-refractivity contribution in [2.24, 2.45) is 34.7 Å². The molecule has 1 N–H and O–H groups in total. The molecule has 2 aromatic rings. The summed E-state index contributed by atoms with van der Waals surface area (Å²) in [5, 5.41) is 4.30. The lowest BCUT2D eigenvalue weighted by Gasteiger charge is -2.49. The van der Waals surface area contributed by atoms with Crippen molar-refractivity contribution < 1.29 is 18.0 Å². The van der Waals surface area contributed by atoms with Crippen molar-refractivity contribution in [1.29, 1.82) is 0 Å². The first-order valence-electron chi connectivity index (χ1n) is 12.0. The van der Waals surface area contributed by atoms with Gasteiger partial charge < -0.3 is 0 Å². The Morgan fingerprint density at radius 3 is 2.68 bits per heavy atom. The van der Waals surface area contributed by atoms with Crippen LogP contribution in [0.15, 0.2) is 53.8 Å². The highest BCUT2D eigenvalue weighted by Crippen LogP contribution is 2.50. The molecule has 2 fully saturated rings. The zero-order valence-corrected chi connectivity index (χ0v) is 19.1. The standard InChI is InChI=1S/C27H28F3N3O/c1-16-25-23(22-8-3-2-5-18(22)14-24(25)26(34)33-32-16)12-11-21-10-9-19(15-31-21)17-6-4-7-20(13-17)27(28,29)30/h4,6-7,9-13,15,18,22-25H,2-3,5,8,14H2,1H3,(H,33,34)/b12-11+/t18-,22+,23-,24+,25+/m0/s1. The summed E-state index contributed by atoms with van der Waals surface area (Å²) in [6.07, 6.45) is 7.14. The molecular weight excluding hydrogens is 439 g/mol. The van der Waals surface area contributed by atoms with E-state index in [9.17, 15) is 18.0 Å². The molecule has 1 aromatic heterocycles. The number of fused-ring (bicyclic) bond motifs is 2. The molecule has 3 aliphatic rings. The minimum absolute atomic E-state index is 0.0292. The Morgan fingerprint density at radius 1 is 1.09 bits per heavy atom. The van der Waals surface area contributed by atoms with Gasteiger partial charge in [-0.2, -0.15) is 18.3 Å². The lowest BCUT2D eigenvalue weighted by atomic mass is 9.56. The Balaban J connectivity index is 1.40. The number of nitrogens with one attached hydrogen (secondary N) is 1. The molecule has 2 saturated carbocycles. The average Bonchev–Trinajstić information content (AvgIpc) is 2.84. The number of alkyl halides is 3. The van der Waals surface area contributed by atoms with Gasteiger partial charge in [0.25, 0.3) is 0 Å². The summed E-state index contributed by atoms with van der Waals surface area (Å²) < 4.78 is 39.2. The highest BCUT2D eigenvalue weighted by Gasteiger charge is 2.49. The molecule has 5 atom stereocenters. The second-order valence-electron chi connectivity index (χ2n) is 9.79. The maximum atomic E-state index is 13.1. The van der Waals surface area contributed by atoms with E-state index in [0.29, 0.717) is 23.0 Å². The number of carbonyl (C=O) groups is 1. The number of rotatable bonds is 3. The van der Waals surface area contributed by atoms with E-state index in [2.05, 4.69) is 21.6 Å². The van der Waals surface area contributed by atoms with E-state index in [4.69, 9.17) is 0 Å². The van der Waals surface area contributed by atoms with Gasteiger partial charge in [0.15, 0.2) is 0 Å². The fourth-order valence-corrected chi connectivity index (χ4v) is 6.21. The van der Waals surface area contributed by atoms with Crippen LogP contribution in [0.3, 0.4) is 0 Å². The first-order valence-corrected chi connectivity index (χ1v) is 12.0. The van der Waals surface area contributed by atoms with Crippen molar-refractivity contribution in [1.82, 2.24) is 10.4 Å². The molecule has 7 heteroatoms. The molecule has 4 nitrogen and oxygen atoms in total. The highest BCUT2D eigenvalue weighted by atomic mass is 19.4. The summed E-state index contributed by atoms with van der Waals surface area (Å²) in [5.41, 5.74) is 4.88. The molecule has 2 aliphatic carbocycles. The number of hydrazone groups is 1. The Bertz CT molecular complexity index is 1120. The zero-order valence-electron chi connectivity index (χ0n) is 19.1. The van der Waals surface area contributed by atoms with Gasteiger partial charge in [-0.3, -0.25) is 9.78 Å². The van der Waals surface area contributed by atoms with E-state index < -0.39 is 11.7 Å². The molecule has 1 amide bonds. The molecule has 178 valence electrons. The smallest absolute Gasteiger partial charge is 0.273 e. The van der Waals surface area contributed by atoms with E-state index in [1.807, 2.05) is 19.1 Å². The summed E-state index contributed by atoms with van der Waals surface area (Å²) in [6, 6.07) is 8.92. The molecule has 2 heterocycles. The quantitative estimate of drug-likeness (QED) is 0.572. The Kier molecular flexibility index (Phi) is 6.04. The van der Waals surface area contributed by atoms with Crippen LogP contribution < -0.4 is 5.43 Å². The lowest BCUT2D eigenvalue weighted by molar-refractivity contribution is -0.137. The number of carbonyl (C=O) groups excluding carboxylic acids is 1. The monoisotopic (exact) mass is 467 g/mol. The summed E-state index contributed by atoms with van der Waals surface area (Å²) in [4.78, 5) is 17.1. The van der Waals surface area contributed by atoms with Crippen molar-refractivity contribution >= 4 is 17.7 Å². The third-order valence-electron chi connectivity index (χ3n) is 7.83. The largest absolute Gasteiger partial charge is 0.416 e. The second-order valence-corrected chi connectivity index (χ2v) is 9.79. The summed E-state index contributed by atoms with van der Waals surface area (Å²) in [7, 11) is 0. The summed E-state index contributed by atoms with van der Waals surface area (Å²) in [6.45, 7) is 2.00. The molecule has 0 bridgehead atoms. The topological polar surface area (TPSA) is 54.4 Å². The van der Waals surface area contributed by atoms with Gasteiger partial charge in [-0.25, -0.2) is 5.43 Å². The van der Waals surface area contributed by atoms with E-state index in [-0.39, 0.29) is 23.7 Å². The lowest BCUT2D eigenvalue weighted by Crippen LogP contribution is -2.51. The van der Waals surface area contributed by atoms with Crippen LogP contribution in [0.25, 0.3) is 17.2 Å². The van der Waals surface area contributed by atoms with Crippen molar-refractivity contribution in [3.05, 3.63) is 59.9 Å². The molecule has 1 aliphatic heterocycles. The van der Waals surface area contributed by atoms with Gasteiger partial charge >= 0.3 is 6.18 Å². The van der Waals surface area contributed by atoms with Crippen LogP contribution in [0.5, 0.6) is 0 Å². The van der Waals surface area contributed by atoms with Crippen LogP contribution in [-0.4, -0.2) is 16.6 Å². The molecule has 1 aromatic carbocycles. The average molecular weight is 468 g/mol. The third-order valence-corrected chi connectivity index (χ3v) is 7.83. The SMILES string of the molecule is CC1=NNC(=O)[C@@H]2C[C@@H]3CCCC[C@H]3[C@H](/C=C/c3ccc(-c4cccc(C(F)(F)F)c4)cn3)[C@@H]12. The number of halogens is 3. The van der Waals surface area contributed by atoms with E-state index in [1.165, 1.54) is 31.7 Å². The Labute approximate surface area is 197 Å². The molecule has 0 spiro atoms. The highest BCUT2D eigenvalue weighted by molar-refractivity contribution is 5.95. The Morgan fingerprint density at radius 2 is 1.91 bits per heavy atom. The van der Waals surface area contributed by atoms with E-state index in [0.717, 1.165) is 30.0 Å². The predicted molar refractivity (Wildman–Crippen MR) is 125 cm³/mol. The van der Waals surface area contributed by atoms with Crippen molar-refractivity contribution in [3.8, 4) is 11.1 Å². The number of amides is 1. The molecule has 0 saturated heterocycles. The van der Waals surface area contributed by atoms with Crippen LogP contribution in [-0.2, 0) is 11.0 Å². The van der Waals surface area contributed by atoms with Crippen molar-refractivity contribution in [3.63, 3.8) is 0 Å². The van der Waals surface area contributed by atoms with Gasteiger partial charge in [-0.15, -0.1) is 0 Å². The number of aromatic nitrogens is 1. The minimum atomic E-state index is -4.38. The number of hydrogen-bond acceptors (Lipinski definition) is 3. The van der Waals surface area contributed by atoms with E-state index >= 15 is 0 Å². The minimum Gasteiger partial charge on any atom is -0.273 e. The predicted octanol–water partition coefficient (Wildman–Crippen LogP) is 6.35. The van der Waals surface area contributed by atoms with Gasteiger partial charge in [0, 0.05) is 29.3 Å². The summed E-state index contributed by atoms with van der Waals surface area (Å²) in [5.74, 6) is 1.41.